The Balaban J connectivity index is 2.92. The van der Waals surface area contributed by atoms with E-state index in [0.29, 0.717) is 5.56 Å². The van der Waals surface area contributed by atoms with Crippen LogP contribution in [0.4, 0.5) is 0 Å². The maximum atomic E-state index is 10.7. The van der Waals surface area contributed by atoms with Gasteiger partial charge >= 0.3 is 5.97 Å². The quantitative estimate of drug-likeness (QED) is 0.818. The number of aliphatic hydroxyl groups is 1. The third kappa shape index (κ3) is 3.32. The molecule has 0 saturated heterocycles. The van der Waals surface area contributed by atoms with Crippen LogP contribution in [-0.4, -0.2) is 21.5 Å². The lowest BCUT2D eigenvalue weighted by atomic mass is 9.99. The van der Waals surface area contributed by atoms with E-state index in [1.807, 2.05) is 13.0 Å². The number of carboxylic acids is 1. The van der Waals surface area contributed by atoms with Crippen molar-refractivity contribution in [1.29, 1.82) is 0 Å². The molecule has 1 unspecified atom stereocenters. The van der Waals surface area contributed by atoms with Gasteiger partial charge in [-0.15, -0.1) is 0 Å². The summed E-state index contributed by atoms with van der Waals surface area (Å²) in [5, 5.41) is 19.1. The Kier molecular flexibility index (Phi) is 4.96. The topological polar surface area (TPSA) is 57.5 Å². The van der Waals surface area contributed by atoms with Gasteiger partial charge in [-0.2, -0.15) is 0 Å². The molecule has 0 aliphatic carbocycles. The zero-order valence-electron chi connectivity index (χ0n) is 9.11. The Labute approximate surface area is 103 Å². The number of hydrogen-bond donors (Lipinski definition) is 2. The molecule has 0 radical (unpaired) electrons. The van der Waals surface area contributed by atoms with Crippen molar-refractivity contribution in [3.05, 3.63) is 34.9 Å². The largest absolute Gasteiger partial charge is 0.479 e. The monoisotopic (exact) mass is 286 g/mol. The Morgan fingerprint density at radius 2 is 2.19 bits per heavy atom. The first-order valence-corrected chi connectivity index (χ1v) is 6.24. The first-order chi connectivity index (χ1) is 7.56. The van der Waals surface area contributed by atoms with Crippen LogP contribution in [0.2, 0.25) is 0 Å². The van der Waals surface area contributed by atoms with Crippen LogP contribution in [0.5, 0.6) is 0 Å². The molecule has 1 aromatic rings. The van der Waals surface area contributed by atoms with Crippen LogP contribution in [0.15, 0.2) is 18.2 Å². The first kappa shape index (κ1) is 13.2. The highest BCUT2D eigenvalue weighted by Crippen LogP contribution is 2.19. The number of rotatable bonds is 5. The average molecular weight is 287 g/mol. The van der Waals surface area contributed by atoms with Crippen molar-refractivity contribution >= 4 is 21.9 Å². The van der Waals surface area contributed by atoms with E-state index in [1.165, 1.54) is 0 Å². The summed E-state index contributed by atoms with van der Waals surface area (Å²) >= 11 is 3.36. The number of aryl methyl sites for hydroxylation is 2. The Bertz CT molecular complexity index is 377. The lowest BCUT2D eigenvalue weighted by molar-refractivity contribution is -0.146. The molecule has 1 aromatic carbocycles. The van der Waals surface area contributed by atoms with Gasteiger partial charge in [-0.3, -0.25) is 0 Å². The predicted octanol–water partition coefficient (Wildman–Crippen LogP) is 2.44. The van der Waals surface area contributed by atoms with Crippen molar-refractivity contribution in [1.82, 2.24) is 0 Å². The van der Waals surface area contributed by atoms with Crippen LogP contribution in [0.25, 0.3) is 0 Å². The fraction of sp³-hybridized carbons (Fsp3) is 0.417. The summed E-state index contributed by atoms with van der Waals surface area (Å²) in [7, 11) is 0. The second kappa shape index (κ2) is 6.01. The standard InChI is InChI=1S/C12H15BrO3/c1-8-4-5-10(11(14)12(15)16)7-9(8)3-2-6-13/h4-5,7,11,14H,2-3,6H2,1H3,(H,15,16). The van der Waals surface area contributed by atoms with Gasteiger partial charge in [0.15, 0.2) is 6.10 Å². The minimum Gasteiger partial charge on any atom is -0.479 e. The highest BCUT2D eigenvalue weighted by molar-refractivity contribution is 9.09. The van der Waals surface area contributed by atoms with Crippen molar-refractivity contribution in [2.24, 2.45) is 0 Å². The summed E-state index contributed by atoms with van der Waals surface area (Å²) in [5.41, 5.74) is 2.67. The smallest absolute Gasteiger partial charge is 0.337 e. The molecule has 0 spiro atoms. The van der Waals surface area contributed by atoms with Gasteiger partial charge < -0.3 is 10.2 Å². The van der Waals surface area contributed by atoms with Gasteiger partial charge in [-0.25, -0.2) is 4.79 Å². The number of benzene rings is 1. The summed E-state index contributed by atoms with van der Waals surface area (Å²) in [4.78, 5) is 10.7. The third-order valence-electron chi connectivity index (χ3n) is 2.50. The van der Waals surface area contributed by atoms with Gasteiger partial charge in [0.05, 0.1) is 0 Å². The molecule has 0 aliphatic rings. The second-order valence-electron chi connectivity index (χ2n) is 3.72. The molecule has 0 bridgehead atoms. The number of halogens is 1. The Hall–Kier alpha value is -0.870. The van der Waals surface area contributed by atoms with Crippen molar-refractivity contribution in [2.45, 2.75) is 25.9 Å². The molecule has 1 rings (SSSR count). The molecule has 0 amide bonds. The van der Waals surface area contributed by atoms with E-state index in [4.69, 9.17) is 5.11 Å². The number of carbonyl (C=O) groups is 1. The lowest BCUT2D eigenvalue weighted by Crippen LogP contribution is -2.11. The summed E-state index contributed by atoms with van der Waals surface area (Å²) in [5.74, 6) is -1.21. The fourth-order valence-electron chi connectivity index (χ4n) is 1.53. The van der Waals surface area contributed by atoms with Gasteiger partial charge in [-0.1, -0.05) is 34.1 Å². The second-order valence-corrected chi connectivity index (χ2v) is 4.51. The number of hydrogen-bond acceptors (Lipinski definition) is 2. The Morgan fingerprint density at radius 1 is 1.50 bits per heavy atom. The number of carboxylic acid groups (broad SMARTS) is 1. The summed E-state index contributed by atoms with van der Waals surface area (Å²) < 4.78 is 0. The number of aliphatic hydroxyl groups excluding tert-OH is 1. The number of aliphatic carboxylic acids is 1. The summed E-state index contributed by atoms with van der Waals surface area (Å²) in [6.45, 7) is 1.99. The van der Waals surface area contributed by atoms with Gasteiger partial charge in [0.2, 0.25) is 0 Å². The van der Waals surface area contributed by atoms with Crippen LogP contribution in [0, 0.1) is 6.92 Å². The van der Waals surface area contributed by atoms with Crippen molar-refractivity contribution in [3.63, 3.8) is 0 Å². The molecule has 0 fully saturated rings. The summed E-state index contributed by atoms with van der Waals surface area (Å²) in [6.07, 6.45) is 0.452. The van der Waals surface area contributed by atoms with E-state index >= 15 is 0 Å². The normalized spacial score (nSPS) is 12.4. The predicted molar refractivity (Wildman–Crippen MR) is 65.9 cm³/mol. The fourth-order valence-corrected chi connectivity index (χ4v) is 1.81. The minimum absolute atomic E-state index is 0.447. The lowest BCUT2D eigenvalue weighted by Gasteiger charge is -2.10. The molecule has 3 nitrogen and oxygen atoms in total. The Morgan fingerprint density at radius 3 is 2.75 bits per heavy atom. The SMILES string of the molecule is Cc1ccc(C(O)C(=O)O)cc1CCCBr. The molecule has 1 atom stereocenters. The van der Waals surface area contributed by atoms with Gasteiger partial charge in [0.25, 0.3) is 0 Å². The first-order valence-electron chi connectivity index (χ1n) is 5.12. The molecular weight excluding hydrogens is 272 g/mol. The van der Waals surface area contributed by atoms with E-state index in [0.717, 1.165) is 29.3 Å². The van der Waals surface area contributed by atoms with Gasteiger partial charge in [-0.05, 0) is 36.5 Å². The van der Waals surface area contributed by atoms with Crippen LogP contribution in [0.3, 0.4) is 0 Å². The molecule has 16 heavy (non-hydrogen) atoms. The van der Waals surface area contributed by atoms with E-state index < -0.39 is 12.1 Å². The van der Waals surface area contributed by atoms with E-state index in [2.05, 4.69) is 15.9 Å². The molecule has 2 N–H and O–H groups in total. The average Bonchev–Trinajstić information content (AvgIpc) is 2.27. The molecule has 0 aliphatic heterocycles. The van der Waals surface area contributed by atoms with Gasteiger partial charge in [0, 0.05) is 5.33 Å². The van der Waals surface area contributed by atoms with Gasteiger partial charge in [0.1, 0.15) is 0 Å². The molecule has 0 aromatic heterocycles. The van der Waals surface area contributed by atoms with Crippen molar-refractivity contribution < 1.29 is 15.0 Å². The summed E-state index contributed by atoms with van der Waals surface area (Å²) in [6, 6.07) is 5.29. The maximum absolute atomic E-state index is 10.7. The zero-order valence-corrected chi connectivity index (χ0v) is 10.7. The molecule has 88 valence electrons. The van der Waals surface area contributed by atoms with Crippen LogP contribution in [-0.2, 0) is 11.2 Å². The zero-order chi connectivity index (χ0) is 12.1. The molecule has 4 heteroatoms. The van der Waals surface area contributed by atoms with Crippen molar-refractivity contribution in [2.75, 3.05) is 5.33 Å². The number of alkyl halides is 1. The third-order valence-corrected chi connectivity index (χ3v) is 3.06. The van der Waals surface area contributed by atoms with Crippen LogP contribution >= 0.6 is 15.9 Å². The highest BCUT2D eigenvalue weighted by Gasteiger charge is 2.16. The molecule has 0 heterocycles. The van der Waals surface area contributed by atoms with Crippen molar-refractivity contribution in [3.8, 4) is 0 Å². The van der Waals surface area contributed by atoms with E-state index in [1.54, 1.807) is 12.1 Å². The minimum atomic E-state index is -1.43. The maximum Gasteiger partial charge on any atom is 0.337 e. The highest BCUT2D eigenvalue weighted by atomic mass is 79.9. The van der Waals surface area contributed by atoms with Crippen LogP contribution in [0.1, 0.15) is 29.2 Å². The molecule has 0 saturated carbocycles. The molecular formula is C12H15BrO3. The van der Waals surface area contributed by atoms with Crippen LogP contribution < -0.4 is 0 Å². The van der Waals surface area contributed by atoms with E-state index in [-0.39, 0.29) is 0 Å². The van der Waals surface area contributed by atoms with E-state index in [9.17, 15) is 9.90 Å².